The summed E-state index contributed by atoms with van der Waals surface area (Å²) in [6, 6.07) is 0. The second-order valence-corrected chi connectivity index (χ2v) is 6.71. The molecule has 1 unspecified atom stereocenters. The van der Waals surface area contributed by atoms with Gasteiger partial charge in [-0.15, -0.1) is 0 Å². The van der Waals surface area contributed by atoms with E-state index < -0.39 is 0 Å². The maximum absolute atomic E-state index is 5.74. The van der Waals surface area contributed by atoms with Crippen molar-refractivity contribution in [3.63, 3.8) is 0 Å². The van der Waals surface area contributed by atoms with E-state index in [0.29, 0.717) is 12.6 Å². The quantitative estimate of drug-likeness (QED) is 0.860. The summed E-state index contributed by atoms with van der Waals surface area (Å²) >= 11 is 0. The van der Waals surface area contributed by atoms with E-state index in [1.807, 2.05) is 6.20 Å². The molecule has 116 valence electrons. The summed E-state index contributed by atoms with van der Waals surface area (Å²) in [5, 5.41) is 8.00. The zero-order valence-electron chi connectivity index (χ0n) is 13.4. The summed E-state index contributed by atoms with van der Waals surface area (Å²) in [6.45, 7) is 11.9. The summed E-state index contributed by atoms with van der Waals surface area (Å²) in [7, 11) is 0. The van der Waals surface area contributed by atoms with E-state index in [1.165, 1.54) is 0 Å². The van der Waals surface area contributed by atoms with Crippen molar-refractivity contribution in [2.24, 2.45) is 4.99 Å². The number of hydrogen-bond donors (Lipinski definition) is 1. The van der Waals surface area contributed by atoms with Crippen molar-refractivity contribution in [1.29, 1.82) is 0 Å². The molecule has 1 atom stereocenters. The Kier molecular flexibility index (Phi) is 3.65. The number of fused-ring (bicyclic) bond motifs is 1. The zero-order chi connectivity index (χ0) is 15.0. The van der Waals surface area contributed by atoms with Crippen molar-refractivity contribution in [3.8, 4) is 0 Å². The van der Waals surface area contributed by atoms with Gasteiger partial charge in [0.2, 0.25) is 0 Å². The summed E-state index contributed by atoms with van der Waals surface area (Å²) in [5.41, 5.74) is 1.12. The molecular weight excluding hydrogens is 266 g/mol. The van der Waals surface area contributed by atoms with Crippen LogP contribution in [0.4, 0.5) is 5.82 Å². The van der Waals surface area contributed by atoms with E-state index in [4.69, 9.17) is 4.74 Å². The first-order valence-electron chi connectivity index (χ1n) is 7.74. The van der Waals surface area contributed by atoms with Gasteiger partial charge in [-0.3, -0.25) is 0 Å². The molecule has 3 heterocycles. The molecule has 6 nitrogen and oxygen atoms in total. The topological polar surface area (TPSA) is 54.7 Å². The molecule has 1 fully saturated rings. The number of aromatic nitrogens is 2. The number of nitrogens with zero attached hydrogens (tertiary/aromatic N) is 4. The highest BCUT2D eigenvalue weighted by Gasteiger charge is 2.28. The maximum Gasteiger partial charge on any atom is 0.200 e. The molecule has 1 N–H and O–H groups in total. The van der Waals surface area contributed by atoms with Crippen LogP contribution in [0.2, 0.25) is 0 Å². The fraction of sp³-hybridized carbons (Fsp3) is 0.733. The van der Waals surface area contributed by atoms with Crippen LogP contribution in [0.25, 0.3) is 0 Å². The SMILES string of the molecule is CCC1CN(C2=NCc3cnn(C(C)(C)C)c3N2)CCO1. The number of anilines is 1. The Hall–Kier alpha value is -1.56. The molecule has 2 aliphatic rings. The Bertz CT molecular complexity index is 543. The van der Waals surface area contributed by atoms with Gasteiger partial charge in [0.15, 0.2) is 5.96 Å². The Morgan fingerprint density at radius 3 is 2.95 bits per heavy atom. The highest BCUT2D eigenvalue weighted by atomic mass is 16.5. The van der Waals surface area contributed by atoms with Crippen molar-refractivity contribution in [1.82, 2.24) is 14.7 Å². The molecule has 0 aromatic carbocycles. The number of morpholine rings is 1. The lowest BCUT2D eigenvalue weighted by atomic mass is 10.1. The van der Waals surface area contributed by atoms with Crippen LogP contribution in [0.1, 0.15) is 39.7 Å². The number of guanidine groups is 1. The first kappa shape index (κ1) is 14.4. The number of rotatable bonds is 1. The molecule has 1 aromatic heterocycles. The molecule has 2 aliphatic heterocycles. The molecule has 6 heteroatoms. The van der Waals surface area contributed by atoms with E-state index >= 15 is 0 Å². The highest BCUT2D eigenvalue weighted by Crippen LogP contribution is 2.27. The number of aliphatic imine (C=N–C) groups is 1. The van der Waals surface area contributed by atoms with Gasteiger partial charge in [0, 0.05) is 18.7 Å². The third kappa shape index (κ3) is 2.77. The fourth-order valence-electron chi connectivity index (χ4n) is 2.78. The lowest BCUT2D eigenvalue weighted by molar-refractivity contribution is -0.00715. The van der Waals surface area contributed by atoms with Gasteiger partial charge >= 0.3 is 0 Å². The molecule has 0 amide bonds. The van der Waals surface area contributed by atoms with Crippen LogP contribution in [0, 0.1) is 0 Å². The van der Waals surface area contributed by atoms with Crippen LogP contribution in [0.3, 0.4) is 0 Å². The Balaban J connectivity index is 1.79. The largest absolute Gasteiger partial charge is 0.375 e. The highest BCUT2D eigenvalue weighted by molar-refractivity contribution is 5.95. The predicted octanol–water partition coefficient (Wildman–Crippen LogP) is 2.03. The van der Waals surface area contributed by atoms with Gasteiger partial charge in [0.1, 0.15) is 5.82 Å². The summed E-state index contributed by atoms with van der Waals surface area (Å²) in [6.07, 6.45) is 3.26. The summed E-state index contributed by atoms with van der Waals surface area (Å²) in [5.74, 6) is 2.03. The standard InChI is InChI=1S/C15H25N5O/c1-5-12-10-19(6-7-21-12)14-16-8-11-9-17-20(13(11)18-14)15(2,3)4/h9,12H,5-8,10H2,1-4H3,(H,16,18). The molecule has 1 aromatic rings. The van der Waals surface area contributed by atoms with E-state index in [2.05, 4.69) is 52.7 Å². The molecule has 0 radical (unpaired) electrons. The van der Waals surface area contributed by atoms with Crippen LogP contribution in [0.15, 0.2) is 11.2 Å². The Morgan fingerprint density at radius 1 is 1.43 bits per heavy atom. The first-order chi connectivity index (χ1) is 9.99. The lowest BCUT2D eigenvalue weighted by Crippen LogP contribution is -2.49. The van der Waals surface area contributed by atoms with Gasteiger partial charge in [0.25, 0.3) is 0 Å². The molecule has 1 saturated heterocycles. The molecule has 0 bridgehead atoms. The lowest BCUT2D eigenvalue weighted by Gasteiger charge is -2.36. The Morgan fingerprint density at radius 2 is 2.24 bits per heavy atom. The van der Waals surface area contributed by atoms with Crippen LogP contribution in [-0.4, -0.2) is 46.4 Å². The molecule has 0 aliphatic carbocycles. The van der Waals surface area contributed by atoms with Crippen molar-refractivity contribution < 1.29 is 4.74 Å². The van der Waals surface area contributed by atoms with Crippen LogP contribution in [0.5, 0.6) is 0 Å². The van der Waals surface area contributed by atoms with Crippen molar-refractivity contribution in [2.75, 3.05) is 25.0 Å². The number of nitrogens with one attached hydrogen (secondary N) is 1. The van der Waals surface area contributed by atoms with Crippen molar-refractivity contribution in [2.45, 2.75) is 52.3 Å². The average Bonchev–Trinajstić information content (AvgIpc) is 2.90. The minimum absolute atomic E-state index is 0.0417. The second-order valence-electron chi connectivity index (χ2n) is 6.71. The fourth-order valence-corrected chi connectivity index (χ4v) is 2.78. The van der Waals surface area contributed by atoms with Crippen molar-refractivity contribution >= 4 is 11.8 Å². The minimum atomic E-state index is -0.0417. The number of ether oxygens (including phenoxy) is 1. The third-order valence-corrected chi connectivity index (χ3v) is 4.00. The zero-order valence-corrected chi connectivity index (χ0v) is 13.4. The molecule has 0 saturated carbocycles. The van der Waals surface area contributed by atoms with Gasteiger partial charge in [-0.1, -0.05) is 6.92 Å². The minimum Gasteiger partial charge on any atom is -0.375 e. The van der Waals surface area contributed by atoms with E-state index in [-0.39, 0.29) is 5.54 Å². The maximum atomic E-state index is 5.74. The predicted molar refractivity (Wildman–Crippen MR) is 83.6 cm³/mol. The van der Waals surface area contributed by atoms with Gasteiger partial charge in [-0.25, -0.2) is 9.67 Å². The first-order valence-corrected chi connectivity index (χ1v) is 7.74. The molecular formula is C15H25N5O. The average molecular weight is 291 g/mol. The van der Waals surface area contributed by atoms with Gasteiger partial charge < -0.3 is 15.0 Å². The van der Waals surface area contributed by atoms with Gasteiger partial charge in [-0.05, 0) is 27.2 Å². The van der Waals surface area contributed by atoms with E-state index in [9.17, 15) is 0 Å². The molecule has 3 rings (SSSR count). The van der Waals surface area contributed by atoms with Crippen molar-refractivity contribution in [3.05, 3.63) is 11.8 Å². The smallest absolute Gasteiger partial charge is 0.200 e. The normalized spacial score (nSPS) is 22.6. The monoisotopic (exact) mass is 291 g/mol. The van der Waals surface area contributed by atoms with Crippen LogP contribution in [-0.2, 0) is 16.8 Å². The van der Waals surface area contributed by atoms with E-state index in [1.54, 1.807) is 0 Å². The van der Waals surface area contributed by atoms with Gasteiger partial charge in [0.05, 0.1) is 31.0 Å². The molecule has 0 spiro atoms. The van der Waals surface area contributed by atoms with Crippen LogP contribution >= 0.6 is 0 Å². The van der Waals surface area contributed by atoms with Gasteiger partial charge in [-0.2, -0.15) is 5.10 Å². The number of hydrogen-bond acceptors (Lipinski definition) is 5. The summed E-state index contributed by atoms with van der Waals surface area (Å²) in [4.78, 5) is 6.97. The second kappa shape index (κ2) is 5.33. The van der Waals surface area contributed by atoms with Crippen LogP contribution < -0.4 is 5.32 Å². The molecule has 21 heavy (non-hydrogen) atoms. The summed E-state index contributed by atoms with van der Waals surface area (Å²) < 4.78 is 7.79. The van der Waals surface area contributed by atoms with E-state index in [0.717, 1.165) is 43.5 Å². The Labute approximate surface area is 126 Å². The third-order valence-electron chi connectivity index (χ3n) is 4.00.